The highest BCUT2D eigenvalue weighted by Gasteiger charge is 2.11. The van der Waals surface area contributed by atoms with Crippen molar-refractivity contribution >= 4 is 17.6 Å². The quantitative estimate of drug-likeness (QED) is 0.803. The van der Waals surface area contributed by atoms with Crippen molar-refractivity contribution in [3.8, 4) is 0 Å². The van der Waals surface area contributed by atoms with Gasteiger partial charge in [0.15, 0.2) is 0 Å². The summed E-state index contributed by atoms with van der Waals surface area (Å²) in [5.74, 6) is -0.278. The Labute approximate surface area is 94.2 Å². The van der Waals surface area contributed by atoms with E-state index in [1.165, 1.54) is 0 Å². The summed E-state index contributed by atoms with van der Waals surface area (Å²) in [6, 6.07) is 6.80. The number of ether oxygens (including phenoxy) is 1. The van der Waals surface area contributed by atoms with Gasteiger partial charge in [0.05, 0.1) is 13.0 Å². The van der Waals surface area contributed by atoms with Crippen LogP contribution in [-0.2, 0) is 9.53 Å². The number of nitrogens with two attached hydrogens (primary N) is 1. The van der Waals surface area contributed by atoms with Gasteiger partial charge >= 0.3 is 5.97 Å². The van der Waals surface area contributed by atoms with Gasteiger partial charge in [-0.1, -0.05) is 23.7 Å². The van der Waals surface area contributed by atoms with Crippen LogP contribution in [0.2, 0.25) is 5.02 Å². The fourth-order valence-corrected chi connectivity index (χ4v) is 1.35. The molecular weight excluding hydrogens is 214 g/mol. The van der Waals surface area contributed by atoms with E-state index in [-0.39, 0.29) is 18.4 Å². The number of carbonyl (C=O) groups excluding carboxylic acids is 1. The van der Waals surface area contributed by atoms with Gasteiger partial charge in [-0.2, -0.15) is 0 Å². The van der Waals surface area contributed by atoms with Crippen LogP contribution in [0.25, 0.3) is 0 Å². The number of hydrogen-bond acceptors (Lipinski definition) is 3. The molecule has 0 aromatic heterocycles. The SMILES string of the molecule is CCOC(=O)CC(N)c1ccc(Cl)cc1. The van der Waals surface area contributed by atoms with Crippen molar-refractivity contribution < 1.29 is 9.53 Å². The zero-order chi connectivity index (χ0) is 11.3. The Morgan fingerprint density at radius 1 is 1.47 bits per heavy atom. The molecule has 1 atom stereocenters. The van der Waals surface area contributed by atoms with Gasteiger partial charge in [0.25, 0.3) is 0 Å². The second kappa shape index (κ2) is 5.73. The van der Waals surface area contributed by atoms with Crippen molar-refractivity contribution in [1.82, 2.24) is 0 Å². The number of carbonyl (C=O) groups is 1. The summed E-state index contributed by atoms with van der Waals surface area (Å²) >= 11 is 5.74. The number of rotatable bonds is 4. The maximum absolute atomic E-state index is 11.2. The minimum Gasteiger partial charge on any atom is -0.466 e. The Morgan fingerprint density at radius 3 is 2.60 bits per heavy atom. The zero-order valence-corrected chi connectivity index (χ0v) is 9.33. The largest absolute Gasteiger partial charge is 0.466 e. The fourth-order valence-electron chi connectivity index (χ4n) is 1.23. The lowest BCUT2D eigenvalue weighted by atomic mass is 10.1. The first-order valence-corrected chi connectivity index (χ1v) is 5.18. The normalized spacial score (nSPS) is 12.2. The average molecular weight is 228 g/mol. The molecule has 1 rings (SSSR count). The molecule has 0 saturated carbocycles. The molecular formula is C11H14ClNO2. The van der Waals surface area contributed by atoms with Gasteiger partial charge in [-0.05, 0) is 24.6 Å². The Balaban J connectivity index is 2.57. The van der Waals surface area contributed by atoms with Crippen molar-refractivity contribution in [1.29, 1.82) is 0 Å². The first kappa shape index (κ1) is 12.0. The minimum absolute atomic E-state index is 0.190. The van der Waals surface area contributed by atoms with Crippen LogP contribution >= 0.6 is 11.6 Å². The van der Waals surface area contributed by atoms with E-state index in [0.717, 1.165) is 5.56 Å². The monoisotopic (exact) mass is 227 g/mol. The second-order valence-corrected chi connectivity index (χ2v) is 3.60. The third-order valence-corrected chi connectivity index (χ3v) is 2.24. The highest BCUT2D eigenvalue weighted by Crippen LogP contribution is 2.17. The van der Waals surface area contributed by atoms with Crippen molar-refractivity contribution in [3.63, 3.8) is 0 Å². The van der Waals surface area contributed by atoms with E-state index in [9.17, 15) is 4.79 Å². The summed E-state index contributed by atoms with van der Waals surface area (Å²) in [6.45, 7) is 2.15. The molecule has 1 aromatic rings. The Bertz CT molecular complexity index is 324. The van der Waals surface area contributed by atoms with Crippen LogP contribution in [0.5, 0.6) is 0 Å². The highest BCUT2D eigenvalue weighted by molar-refractivity contribution is 6.30. The predicted octanol–water partition coefficient (Wildman–Crippen LogP) is 2.29. The molecule has 1 aromatic carbocycles. The van der Waals surface area contributed by atoms with Crippen molar-refractivity contribution in [2.45, 2.75) is 19.4 Å². The summed E-state index contributed by atoms with van der Waals surface area (Å²) in [5.41, 5.74) is 6.71. The molecule has 3 nitrogen and oxygen atoms in total. The number of esters is 1. The van der Waals surface area contributed by atoms with Gasteiger partial charge in [-0.15, -0.1) is 0 Å². The lowest BCUT2D eigenvalue weighted by Crippen LogP contribution is -2.17. The Hall–Kier alpha value is -1.06. The van der Waals surface area contributed by atoms with E-state index in [2.05, 4.69) is 0 Å². The average Bonchev–Trinajstić information content (AvgIpc) is 2.18. The number of halogens is 1. The summed E-state index contributed by atoms with van der Waals surface area (Å²) < 4.78 is 4.81. The van der Waals surface area contributed by atoms with E-state index in [0.29, 0.717) is 11.6 Å². The maximum Gasteiger partial charge on any atom is 0.307 e. The van der Waals surface area contributed by atoms with E-state index in [4.69, 9.17) is 22.1 Å². The van der Waals surface area contributed by atoms with Crippen LogP contribution < -0.4 is 5.73 Å². The zero-order valence-electron chi connectivity index (χ0n) is 8.57. The smallest absolute Gasteiger partial charge is 0.307 e. The van der Waals surface area contributed by atoms with Gasteiger partial charge in [-0.3, -0.25) is 4.79 Å². The molecule has 0 saturated heterocycles. The first-order chi connectivity index (χ1) is 7.13. The molecule has 15 heavy (non-hydrogen) atoms. The van der Waals surface area contributed by atoms with Gasteiger partial charge in [-0.25, -0.2) is 0 Å². The maximum atomic E-state index is 11.2. The standard InChI is InChI=1S/C11H14ClNO2/c1-2-15-11(14)7-10(13)8-3-5-9(12)6-4-8/h3-6,10H,2,7,13H2,1H3. The first-order valence-electron chi connectivity index (χ1n) is 4.80. The van der Waals surface area contributed by atoms with Gasteiger partial charge in [0, 0.05) is 11.1 Å². The molecule has 4 heteroatoms. The van der Waals surface area contributed by atoms with Crippen molar-refractivity contribution in [2.24, 2.45) is 5.73 Å². The lowest BCUT2D eigenvalue weighted by molar-refractivity contribution is -0.143. The third-order valence-electron chi connectivity index (χ3n) is 1.99. The van der Waals surface area contributed by atoms with E-state index < -0.39 is 0 Å². The highest BCUT2D eigenvalue weighted by atomic mass is 35.5. The minimum atomic E-state index is -0.332. The summed E-state index contributed by atoms with van der Waals surface area (Å²) in [4.78, 5) is 11.2. The summed E-state index contributed by atoms with van der Waals surface area (Å²) in [6.07, 6.45) is 0.190. The molecule has 1 unspecified atom stereocenters. The molecule has 0 fully saturated rings. The lowest BCUT2D eigenvalue weighted by Gasteiger charge is -2.10. The molecule has 2 N–H and O–H groups in total. The van der Waals surface area contributed by atoms with Crippen LogP contribution in [0.1, 0.15) is 24.9 Å². The molecule has 0 amide bonds. The van der Waals surface area contributed by atoms with Crippen LogP contribution in [0.3, 0.4) is 0 Å². The molecule has 0 heterocycles. The summed E-state index contributed by atoms with van der Waals surface area (Å²) in [5, 5.41) is 0.655. The predicted molar refractivity (Wildman–Crippen MR) is 59.6 cm³/mol. The molecule has 0 aliphatic rings. The van der Waals surface area contributed by atoms with Crippen molar-refractivity contribution in [3.05, 3.63) is 34.9 Å². The van der Waals surface area contributed by atoms with Crippen LogP contribution in [0.15, 0.2) is 24.3 Å². The molecule has 0 aliphatic carbocycles. The van der Waals surface area contributed by atoms with E-state index >= 15 is 0 Å². The molecule has 0 radical (unpaired) electrons. The molecule has 0 spiro atoms. The molecule has 82 valence electrons. The second-order valence-electron chi connectivity index (χ2n) is 3.17. The van der Waals surface area contributed by atoms with Gasteiger partial charge < -0.3 is 10.5 Å². The van der Waals surface area contributed by atoms with E-state index in [1.54, 1.807) is 19.1 Å². The van der Waals surface area contributed by atoms with Gasteiger partial charge in [0.1, 0.15) is 0 Å². The van der Waals surface area contributed by atoms with Crippen LogP contribution in [0.4, 0.5) is 0 Å². The van der Waals surface area contributed by atoms with Crippen LogP contribution in [-0.4, -0.2) is 12.6 Å². The molecule has 0 bridgehead atoms. The number of hydrogen-bond donors (Lipinski definition) is 1. The number of benzene rings is 1. The molecule has 0 aliphatic heterocycles. The van der Waals surface area contributed by atoms with Crippen molar-refractivity contribution in [2.75, 3.05) is 6.61 Å². The van der Waals surface area contributed by atoms with Crippen LogP contribution in [0, 0.1) is 0 Å². The van der Waals surface area contributed by atoms with Gasteiger partial charge in [0.2, 0.25) is 0 Å². The topological polar surface area (TPSA) is 52.3 Å². The fraction of sp³-hybridized carbons (Fsp3) is 0.364. The Morgan fingerprint density at radius 2 is 2.07 bits per heavy atom. The van der Waals surface area contributed by atoms with E-state index in [1.807, 2.05) is 12.1 Å². The Kier molecular flexibility index (Phi) is 4.59. The third kappa shape index (κ3) is 3.90. The summed E-state index contributed by atoms with van der Waals surface area (Å²) in [7, 11) is 0.